The molecule has 5 heteroatoms. The Morgan fingerprint density at radius 2 is 2.17 bits per heavy atom. The summed E-state index contributed by atoms with van der Waals surface area (Å²) in [5, 5.41) is 1.21. The van der Waals surface area contributed by atoms with Gasteiger partial charge in [0.1, 0.15) is 0 Å². The number of rotatable bonds is 2. The van der Waals surface area contributed by atoms with Gasteiger partial charge in [-0.2, -0.15) is 0 Å². The summed E-state index contributed by atoms with van der Waals surface area (Å²) in [6.45, 7) is 2.49. The maximum absolute atomic E-state index is 12.3. The van der Waals surface area contributed by atoms with Gasteiger partial charge in [0.2, 0.25) is 0 Å². The first-order chi connectivity index (χ1) is 11.2. The molecule has 0 unspecified atom stereocenters. The van der Waals surface area contributed by atoms with Gasteiger partial charge in [-0.1, -0.05) is 23.7 Å². The fourth-order valence-electron chi connectivity index (χ4n) is 3.17. The van der Waals surface area contributed by atoms with E-state index in [-0.39, 0.29) is 5.43 Å². The number of nitrogens with zero attached hydrogens (tertiary/aromatic N) is 2. The number of para-hydroxylation sites is 1. The van der Waals surface area contributed by atoms with Gasteiger partial charge in [0.15, 0.2) is 5.43 Å². The predicted molar refractivity (Wildman–Crippen MR) is 91.6 cm³/mol. The van der Waals surface area contributed by atoms with E-state index in [1.54, 1.807) is 24.3 Å². The highest BCUT2D eigenvalue weighted by atomic mass is 35.5. The van der Waals surface area contributed by atoms with E-state index in [4.69, 9.17) is 11.6 Å². The molecule has 0 aliphatic carbocycles. The van der Waals surface area contributed by atoms with Crippen molar-refractivity contribution in [1.82, 2.24) is 14.9 Å². The molecule has 4 nitrogen and oxygen atoms in total. The second kappa shape index (κ2) is 5.80. The summed E-state index contributed by atoms with van der Waals surface area (Å²) in [4.78, 5) is 22.3. The van der Waals surface area contributed by atoms with Crippen LogP contribution >= 0.6 is 11.6 Å². The summed E-state index contributed by atoms with van der Waals surface area (Å²) in [7, 11) is 0. The maximum atomic E-state index is 12.3. The third-order valence-electron chi connectivity index (χ3n) is 4.31. The molecule has 0 radical (unpaired) electrons. The average molecular weight is 326 g/mol. The van der Waals surface area contributed by atoms with Crippen LogP contribution in [-0.2, 0) is 19.5 Å². The molecule has 23 heavy (non-hydrogen) atoms. The fourth-order valence-corrected chi connectivity index (χ4v) is 3.40. The number of pyridine rings is 2. The van der Waals surface area contributed by atoms with Crippen molar-refractivity contribution in [2.75, 3.05) is 6.54 Å². The number of aromatic nitrogens is 2. The van der Waals surface area contributed by atoms with Gasteiger partial charge in [-0.15, -0.1) is 0 Å². The summed E-state index contributed by atoms with van der Waals surface area (Å²) >= 11 is 6.22. The molecule has 0 atom stereocenters. The van der Waals surface area contributed by atoms with Gasteiger partial charge in [-0.3, -0.25) is 14.7 Å². The molecule has 1 aliphatic heterocycles. The zero-order valence-electron chi connectivity index (χ0n) is 12.6. The minimum atomic E-state index is 0.00956. The minimum absolute atomic E-state index is 0.00956. The van der Waals surface area contributed by atoms with E-state index in [1.807, 2.05) is 12.3 Å². The van der Waals surface area contributed by atoms with Gasteiger partial charge in [0.25, 0.3) is 0 Å². The molecule has 1 aromatic carbocycles. The Balaban J connectivity index is 1.64. The molecule has 0 amide bonds. The van der Waals surface area contributed by atoms with Gasteiger partial charge < -0.3 is 4.98 Å². The molecule has 4 rings (SSSR count). The van der Waals surface area contributed by atoms with Crippen LogP contribution in [0, 0.1) is 0 Å². The molecule has 1 aliphatic rings. The molecule has 0 spiro atoms. The third-order valence-corrected chi connectivity index (χ3v) is 4.62. The van der Waals surface area contributed by atoms with E-state index in [9.17, 15) is 4.79 Å². The topological polar surface area (TPSA) is 49.0 Å². The number of hydrogen-bond acceptors (Lipinski definition) is 3. The van der Waals surface area contributed by atoms with E-state index in [0.717, 1.165) is 30.7 Å². The van der Waals surface area contributed by atoms with Crippen molar-refractivity contribution >= 4 is 22.5 Å². The monoisotopic (exact) mass is 325 g/mol. The summed E-state index contributed by atoms with van der Waals surface area (Å²) in [6, 6.07) is 11.2. The van der Waals surface area contributed by atoms with Gasteiger partial charge >= 0.3 is 0 Å². The van der Waals surface area contributed by atoms with E-state index in [2.05, 4.69) is 20.9 Å². The fraction of sp³-hybridized carbons (Fsp3) is 0.222. The van der Waals surface area contributed by atoms with Crippen LogP contribution in [0.15, 0.2) is 47.4 Å². The lowest BCUT2D eigenvalue weighted by atomic mass is 10.1. The van der Waals surface area contributed by atoms with Crippen LogP contribution in [-0.4, -0.2) is 21.4 Å². The zero-order chi connectivity index (χ0) is 15.8. The van der Waals surface area contributed by atoms with Gasteiger partial charge in [-0.05, 0) is 23.8 Å². The lowest BCUT2D eigenvalue weighted by Crippen LogP contribution is -2.31. The quantitative estimate of drug-likeness (QED) is 0.787. The molecule has 0 saturated heterocycles. The molecule has 116 valence electrons. The highest BCUT2D eigenvalue weighted by molar-refractivity contribution is 6.35. The number of fused-ring (bicyclic) bond motifs is 2. The van der Waals surface area contributed by atoms with Crippen molar-refractivity contribution in [3.63, 3.8) is 0 Å². The zero-order valence-corrected chi connectivity index (χ0v) is 13.3. The van der Waals surface area contributed by atoms with Crippen molar-refractivity contribution in [3.8, 4) is 0 Å². The molecule has 0 bridgehead atoms. The predicted octanol–water partition coefficient (Wildman–Crippen LogP) is 3.13. The second-order valence-electron chi connectivity index (χ2n) is 5.89. The first-order valence-corrected chi connectivity index (χ1v) is 8.04. The molecular formula is C18H16ClN3O. The van der Waals surface area contributed by atoms with Crippen LogP contribution in [0.3, 0.4) is 0 Å². The van der Waals surface area contributed by atoms with Gasteiger partial charge in [0.05, 0.1) is 10.5 Å². The highest BCUT2D eigenvalue weighted by Gasteiger charge is 2.17. The summed E-state index contributed by atoms with van der Waals surface area (Å²) in [6.07, 6.45) is 2.78. The molecule has 2 aromatic heterocycles. The Bertz CT molecular complexity index is 935. The van der Waals surface area contributed by atoms with Crippen LogP contribution in [0.2, 0.25) is 5.02 Å². The molecule has 3 heterocycles. The molecule has 1 N–H and O–H groups in total. The minimum Gasteiger partial charge on any atom is -0.356 e. The van der Waals surface area contributed by atoms with Crippen LogP contribution < -0.4 is 5.43 Å². The first-order valence-electron chi connectivity index (χ1n) is 7.66. The normalized spacial score (nSPS) is 14.8. The summed E-state index contributed by atoms with van der Waals surface area (Å²) in [5.74, 6) is 0. The van der Waals surface area contributed by atoms with E-state index < -0.39 is 0 Å². The average Bonchev–Trinajstić information content (AvgIpc) is 2.56. The standard InChI is InChI=1S/C18H16ClN3O/c19-15-5-1-4-14-17(23)9-13(21-18(14)15)11-22-8-6-16-12(10-22)3-2-7-20-16/h1-5,7,9H,6,8,10-11H2,(H,21,23). The van der Waals surface area contributed by atoms with Crippen molar-refractivity contribution in [1.29, 1.82) is 0 Å². The summed E-state index contributed by atoms with van der Waals surface area (Å²) in [5.41, 5.74) is 4.06. The molecule has 3 aromatic rings. The van der Waals surface area contributed by atoms with Crippen LogP contribution in [0.1, 0.15) is 17.0 Å². The second-order valence-corrected chi connectivity index (χ2v) is 6.30. The number of benzene rings is 1. The Hall–Kier alpha value is -2.17. The Kier molecular flexibility index (Phi) is 3.63. The van der Waals surface area contributed by atoms with Crippen LogP contribution in [0.4, 0.5) is 0 Å². The smallest absolute Gasteiger partial charge is 0.189 e. The van der Waals surface area contributed by atoms with Crippen molar-refractivity contribution < 1.29 is 0 Å². The summed E-state index contributed by atoms with van der Waals surface area (Å²) < 4.78 is 0. The Morgan fingerprint density at radius 3 is 3.09 bits per heavy atom. The number of halogens is 1. The Morgan fingerprint density at radius 1 is 1.26 bits per heavy atom. The van der Waals surface area contributed by atoms with Gasteiger partial charge in [0, 0.05) is 55.1 Å². The number of H-pyrrole nitrogens is 1. The largest absolute Gasteiger partial charge is 0.356 e. The lowest BCUT2D eigenvalue weighted by Gasteiger charge is -2.27. The number of nitrogens with one attached hydrogen (secondary N) is 1. The highest BCUT2D eigenvalue weighted by Crippen LogP contribution is 2.21. The lowest BCUT2D eigenvalue weighted by molar-refractivity contribution is 0.241. The van der Waals surface area contributed by atoms with Crippen molar-refractivity contribution in [2.45, 2.75) is 19.5 Å². The van der Waals surface area contributed by atoms with Crippen molar-refractivity contribution in [3.05, 3.63) is 74.8 Å². The Labute approximate surface area is 138 Å². The van der Waals surface area contributed by atoms with Crippen molar-refractivity contribution in [2.24, 2.45) is 0 Å². The SMILES string of the molecule is O=c1cc(CN2CCc3ncccc3C2)[nH]c2c(Cl)cccc12. The third kappa shape index (κ3) is 2.76. The van der Waals surface area contributed by atoms with Gasteiger partial charge in [-0.25, -0.2) is 0 Å². The number of aromatic amines is 1. The van der Waals surface area contributed by atoms with Crippen LogP contribution in [0.5, 0.6) is 0 Å². The van der Waals surface area contributed by atoms with E-state index >= 15 is 0 Å². The first kappa shape index (κ1) is 14.4. The van der Waals surface area contributed by atoms with Crippen LogP contribution in [0.25, 0.3) is 10.9 Å². The number of hydrogen-bond donors (Lipinski definition) is 1. The van der Waals surface area contributed by atoms with E-state index in [0.29, 0.717) is 17.0 Å². The molecule has 0 saturated carbocycles. The van der Waals surface area contributed by atoms with E-state index in [1.165, 1.54) is 11.3 Å². The maximum Gasteiger partial charge on any atom is 0.189 e. The molecule has 0 fully saturated rings. The molecular weight excluding hydrogens is 310 g/mol.